The van der Waals surface area contributed by atoms with E-state index in [0.29, 0.717) is 0 Å². The number of fused-ring (bicyclic) bond motifs is 1. The maximum absolute atomic E-state index is 2.54. The van der Waals surface area contributed by atoms with Crippen molar-refractivity contribution in [1.29, 1.82) is 0 Å². The smallest absolute Gasteiger partial charge is 0.0369 e. The van der Waals surface area contributed by atoms with E-state index in [0.717, 1.165) is 5.92 Å². The molecule has 0 radical (unpaired) electrons. The molecule has 1 nitrogen and oxygen atoms in total. The predicted octanol–water partition coefficient (Wildman–Crippen LogP) is 5.77. The molecule has 0 aromatic heterocycles. The quantitative estimate of drug-likeness (QED) is 0.636. The molecule has 0 spiro atoms. The molecule has 1 heteroatoms. The van der Waals surface area contributed by atoms with Gasteiger partial charge in [0.1, 0.15) is 0 Å². The van der Waals surface area contributed by atoms with E-state index in [1.807, 2.05) is 0 Å². The van der Waals surface area contributed by atoms with Crippen LogP contribution in [0.5, 0.6) is 0 Å². The first kappa shape index (κ1) is 16.1. The molecule has 1 atom stereocenters. The van der Waals surface area contributed by atoms with Crippen LogP contribution in [0.2, 0.25) is 0 Å². The fourth-order valence-corrected chi connectivity index (χ4v) is 3.59. The maximum Gasteiger partial charge on any atom is 0.0369 e. The Bertz CT molecular complexity index is 615. The van der Waals surface area contributed by atoms with Gasteiger partial charge in [0.05, 0.1) is 0 Å². The minimum absolute atomic E-state index is 0.726. The van der Waals surface area contributed by atoms with Gasteiger partial charge in [0.15, 0.2) is 0 Å². The summed E-state index contributed by atoms with van der Waals surface area (Å²) >= 11 is 0. The summed E-state index contributed by atoms with van der Waals surface area (Å²) in [5.74, 6) is 0.726. The molecule has 1 heterocycles. The van der Waals surface area contributed by atoms with Crippen LogP contribution in [0.25, 0.3) is 6.08 Å². The lowest BCUT2D eigenvalue weighted by molar-refractivity contribution is 0.535. The predicted molar refractivity (Wildman–Crippen MR) is 102 cm³/mol. The first-order valence-electron chi connectivity index (χ1n) is 9.12. The van der Waals surface area contributed by atoms with Crippen molar-refractivity contribution in [3.63, 3.8) is 0 Å². The van der Waals surface area contributed by atoms with Gasteiger partial charge in [-0.1, -0.05) is 48.9 Å². The van der Waals surface area contributed by atoms with Crippen LogP contribution in [0, 0.1) is 5.92 Å². The van der Waals surface area contributed by atoms with Crippen LogP contribution in [0.3, 0.4) is 0 Å². The van der Waals surface area contributed by atoms with Gasteiger partial charge in [0, 0.05) is 18.8 Å². The second-order valence-corrected chi connectivity index (χ2v) is 7.14. The van der Waals surface area contributed by atoms with Gasteiger partial charge in [-0.15, -0.1) is 0 Å². The van der Waals surface area contributed by atoms with Crippen molar-refractivity contribution < 1.29 is 0 Å². The van der Waals surface area contributed by atoms with E-state index in [4.69, 9.17) is 0 Å². The Morgan fingerprint density at radius 3 is 2.74 bits per heavy atom. The van der Waals surface area contributed by atoms with Crippen molar-refractivity contribution in [3.05, 3.63) is 59.2 Å². The van der Waals surface area contributed by atoms with Crippen molar-refractivity contribution in [3.8, 4) is 0 Å². The number of allylic oxidation sites excluding steroid dienone is 5. The molecular formula is C22H29N. The van der Waals surface area contributed by atoms with Crippen LogP contribution in [0.4, 0.5) is 5.69 Å². The second kappa shape index (κ2) is 7.68. The van der Waals surface area contributed by atoms with Crippen LogP contribution < -0.4 is 4.90 Å². The third-order valence-corrected chi connectivity index (χ3v) is 5.01. The number of benzene rings is 1. The molecule has 0 saturated carbocycles. The third-order valence-electron chi connectivity index (χ3n) is 5.01. The number of hydrogen-bond donors (Lipinski definition) is 0. The van der Waals surface area contributed by atoms with Crippen molar-refractivity contribution in [1.82, 2.24) is 0 Å². The standard InChI is InChI=1S/C22H29N/c1-18-8-3-4-9-19(2)16-21-17-22(23-14-5-6-15-23)13-12-20(21)11-7-10-18/h3,7-8,10-13,17,19H,4-6,9,14-16H2,1-2H3/b8-3-,11-7+,18-10+. The molecule has 0 bridgehead atoms. The zero-order valence-corrected chi connectivity index (χ0v) is 14.6. The average Bonchev–Trinajstić information content (AvgIpc) is 3.06. The summed E-state index contributed by atoms with van der Waals surface area (Å²) in [6.07, 6.45) is 17.5. The van der Waals surface area contributed by atoms with Gasteiger partial charge < -0.3 is 4.90 Å². The van der Waals surface area contributed by atoms with Gasteiger partial charge in [-0.2, -0.15) is 0 Å². The Morgan fingerprint density at radius 2 is 1.91 bits per heavy atom. The first-order chi connectivity index (χ1) is 11.2. The molecule has 1 aliphatic heterocycles. The van der Waals surface area contributed by atoms with Crippen molar-refractivity contribution in [2.24, 2.45) is 5.92 Å². The third kappa shape index (κ3) is 4.37. The SMILES string of the molecule is CC1=C\C=C\c2ccc(N3CCCC3)cc2CC(C)CC/C=C\1. The van der Waals surface area contributed by atoms with Crippen molar-refractivity contribution in [2.45, 2.75) is 46.0 Å². The largest absolute Gasteiger partial charge is 0.372 e. The molecule has 122 valence electrons. The van der Waals surface area contributed by atoms with Gasteiger partial charge in [-0.25, -0.2) is 0 Å². The van der Waals surface area contributed by atoms with Gasteiger partial charge in [-0.3, -0.25) is 0 Å². The zero-order valence-electron chi connectivity index (χ0n) is 14.6. The Labute approximate surface area is 141 Å². The minimum Gasteiger partial charge on any atom is -0.372 e. The highest BCUT2D eigenvalue weighted by Crippen LogP contribution is 2.27. The Hall–Kier alpha value is -1.76. The summed E-state index contributed by atoms with van der Waals surface area (Å²) in [4.78, 5) is 2.54. The maximum atomic E-state index is 2.54. The number of anilines is 1. The highest BCUT2D eigenvalue weighted by molar-refractivity contribution is 5.62. The molecule has 23 heavy (non-hydrogen) atoms. The highest BCUT2D eigenvalue weighted by Gasteiger charge is 2.14. The van der Waals surface area contributed by atoms with Gasteiger partial charge >= 0.3 is 0 Å². The van der Waals surface area contributed by atoms with Crippen LogP contribution in [-0.2, 0) is 6.42 Å². The fraction of sp³-hybridized carbons (Fsp3) is 0.455. The molecular weight excluding hydrogens is 278 g/mol. The summed E-state index contributed by atoms with van der Waals surface area (Å²) in [5.41, 5.74) is 5.63. The average molecular weight is 307 g/mol. The summed E-state index contributed by atoms with van der Waals surface area (Å²) in [6, 6.07) is 7.07. The Balaban J connectivity index is 1.91. The molecule has 1 aliphatic carbocycles. The lowest BCUT2D eigenvalue weighted by Gasteiger charge is -2.21. The van der Waals surface area contributed by atoms with Crippen LogP contribution >= 0.6 is 0 Å². The summed E-state index contributed by atoms with van der Waals surface area (Å²) in [6.45, 7) is 7.00. The van der Waals surface area contributed by atoms with E-state index in [1.54, 1.807) is 0 Å². The topological polar surface area (TPSA) is 3.24 Å². The molecule has 1 fully saturated rings. The zero-order chi connectivity index (χ0) is 16.1. The molecule has 0 amide bonds. The van der Waals surface area contributed by atoms with E-state index in [2.05, 4.69) is 67.3 Å². The molecule has 2 aliphatic rings. The summed E-state index contributed by atoms with van der Waals surface area (Å²) < 4.78 is 0. The van der Waals surface area contributed by atoms with Gasteiger partial charge in [0.2, 0.25) is 0 Å². The Morgan fingerprint density at radius 1 is 1.09 bits per heavy atom. The fourth-order valence-electron chi connectivity index (χ4n) is 3.59. The summed E-state index contributed by atoms with van der Waals surface area (Å²) in [7, 11) is 0. The molecule has 1 saturated heterocycles. The minimum atomic E-state index is 0.726. The monoisotopic (exact) mass is 307 g/mol. The van der Waals surface area contributed by atoms with E-state index in [9.17, 15) is 0 Å². The van der Waals surface area contributed by atoms with Gasteiger partial charge in [-0.05, 0) is 68.2 Å². The Kier molecular flexibility index (Phi) is 5.38. The molecule has 1 aromatic carbocycles. The molecule has 1 aromatic rings. The van der Waals surface area contributed by atoms with E-state index < -0.39 is 0 Å². The number of rotatable bonds is 1. The molecule has 1 unspecified atom stereocenters. The first-order valence-corrected chi connectivity index (χ1v) is 9.12. The second-order valence-electron chi connectivity index (χ2n) is 7.14. The lowest BCUT2D eigenvalue weighted by Crippen LogP contribution is -2.18. The van der Waals surface area contributed by atoms with E-state index in [1.165, 1.54) is 67.6 Å². The summed E-state index contributed by atoms with van der Waals surface area (Å²) in [5, 5.41) is 0. The van der Waals surface area contributed by atoms with Crippen molar-refractivity contribution in [2.75, 3.05) is 18.0 Å². The highest BCUT2D eigenvalue weighted by atomic mass is 15.1. The van der Waals surface area contributed by atoms with E-state index >= 15 is 0 Å². The van der Waals surface area contributed by atoms with E-state index in [-0.39, 0.29) is 0 Å². The number of hydrogen-bond acceptors (Lipinski definition) is 1. The van der Waals surface area contributed by atoms with Crippen LogP contribution in [-0.4, -0.2) is 13.1 Å². The number of nitrogens with zero attached hydrogens (tertiary/aromatic N) is 1. The molecule has 0 N–H and O–H groups in total. The normalized spacial score (nSPS) is 27.3. The molecule has 3 rings (SSSR count). The van der Waals surface area contributed by atoms with Crippen LogP contribution in [0.1, 0.15) is 50.7 Å². The van der Waals surface area contributed by atoms with Gasteiger partial charge in [0.25, 0.3) is 0 Å². The van der Waals surface area contributed by atoms with Crippen molar-refractivity contribution >= 4 is 11.8 Å². The van der Waals surface area contributed by atoms with Crippen LogP contribution in [0.15, 0.2) is 48.1 Å². The lowest BCUT2D eigenvalue weighted by atomic mass is 9.92.